The molecule has 0 amide bonds. The Kier molecular flexibility index (Phi) is 3.15. The summed E-state index contributed by atoms with van der Waals surface area (Å²) in [6.45, 7) is 0. The fourth-order valence-electron chi connectivity index (χ4n) is 1.38. The first kappa shape index (κ1) is 11.7. The number of nitrogens with zero attached hydrogens (tertiary/aromatic N) is 1. The molecule has 2 rings (SSSR count). The number of carbonyl (C=O) groups excluding carboxylic acids is 1. The third kappa shape index (κ3) is 2.17. The lowest BCUT2D eigenvalue weighted by molar-refractivity contribution is 0.112. The third-order valence-electron chi connectivity index (χ3n) is 2.23. The molecule has 0 aliphatic heterocycles. The molecule has 86 valence electrons. The van der Waals surface area contributed by atoms with Crippen LogP contribution in [0.25, 0.3) is 11.3 Å². The molecule has 1 aromatic carbocycles. The van der Waals surface area contributed by atoms with Crippen LogP contribution in [0.15, 0.2) is 30.3 Å². The first-order valence-corrected chi connectivity index (χ1v) is 5.07. The Morgan fingerprint density at radius 2 is 1.94 bits per heavy atom. The molecule has 0 aliphatic rings. The molecule has 0 aliphatic carbocycles. The molecule has 2 nitrogen and oxygen atoms in total. The molecule has 1 aromatic heterocycles. The van der Waals surface area contributed by atoms with E-state index in [0.29, 0.717) is 6.29 Å². The quantitative estimate of drug-likeness (QED) is 0.606. The number of hydrogen-bond donors (Lipinski definition) is 0. The highest BCUT2D eigenvalue weighted by Crippen LogP contribution is 2.24. The number of rotatable bonds is 2. The third-order valence-corrected chi connectivity index (χ3v) is 2.53. The number of pyridine rings is 1. The Hall–Kier alpha value is -1.81. The summed E-state index contributed by atoms with van der Waals surface area (Å²) in [5, 5.41) is -0.0406. The van der Waals surface area contributed by atoms with Crippen LogP contribution in [0.5, 0.6) is 0 Å². The number of carbonyl (C=O) groups is 1. The van der Waals surface area contributed by atoms with Gasteiger partial charge < -0.3 is 0 Å². The van der Waals surface area contributed by atoms with Crippen LogP contribution in [0.1, 0.15) is 10.4 Å². The van der Waals surface area contributed by atoms with E-state index in [1.165, 1.54) is 24.3 Å². The van der Waals surface area contributed by atoms with E-state index in [1.54, 1.807) is 0 Å². The highest BCUT2D eigenvalue weighted by molar-refractivity contribution is 6.31. The molecule has 0 fully saturated rings. The van der Waals surface area contributed by atoms with Crippen LogP contribution in [-0.2, 0) is 0 Å². The summed E-state index contributed by atoms with van der Waals surface area (Å²) in [5.74, 6) is -1.95. The first-order valence-electron chi connectivity index (χ1n) is 4.69. The van der Waals surface area contributed by atoms with Gasteiger partial charge in [0.1, 0.15) is 5.15 Å². The molecule has 0 spiro atoms. The van der Waals surface area contributed by atoms with Crippen molar-refractivity contribution < 1.29 is 13.6 Å². The minimum absolute atomic E-state index is 0.00403. The van der Waals surface area contributed by atoms with Crippen molar-refractivity contribution >= 4 is 17.9 Å². The van der Waals surface area contributed by atoms with E-state index in [9.17, 15) is 13.6 Å². The van der Waals surface area contributed by atoms with Crippen molar-refractivity contribution in [3.8, 4) is 11.3 Å². The van der Waals surface area contributed by atoms with Gasteiger partial charge in [0.15, 0.2) is 17.9 Å². The standard InChI is InChI=1S/C12H6ClF2NO/c13-12-7(6-17)4-5-10(16-12)8-2-1-3-9(14)11(8)15/h1-6H. The molecule has 0 bridgehead atoms. The smallest absolute Gasteiger partial charge is 0.168 e. The van der Waals surface area contributed by atoms with Crippen LogP contribution >= 0.6 is 11.6 Å². The summed E-state index contributed by atoms with van der Waals surface area (Å²) in [6.07, 6.45) is 0.543. The summed E-state index contributed by atoms with van der Waals surface area (Å²) >= 11 is 5.71. The van der Waals surface area contributed by atoms with Crippen LogP contribution in [0, 0.1) is 11.6 Å². The Morgan fingerprint density at radius 3 is 2.59 bits per heavy atom. The van der Waals surface area contributed by atoms with Crippen molar-refractivity contribution in [2.24, 2.45) is 0 Å². The fraction of sp³-hybridized carbons (Fsp3) is 0. The topological polar surface area (TPSA) is 30.0 Å². The number of aldehydes is 1. The van der Waals surface area contributed by atoms with E-state index in [4.69, 9.17) is 11.6 Å². The van der Waals surface area contributed by atoms with Gasteiger partial charge in [-0.3, -0.25) is 4.79 Å². The van der Waals surface area contributed by atoms with Crippen molar-refractivity contribution in [3.05, 3.63) is 52.7 Å². The predicted octanol–water partition coefficient (Wildman–Crippen LogP) is 3.49. The molecule has 2 aromatic rings. The zero-order chi connectivity index (χ0) is 12.4. The second-order valence-corrected chi connectivity index (χ2v) is 3.65. The summed E-state index contributed by atoms with van der Waals surface area (Å²) < 4.78 is 26.5. The SMILES string of the molecule is O=Cc1ccc(-c2cccc(F)c2F)nc1Cl. The molecule has 5 heteroatoms. The van der Waals surface area contributed by atoms with E-state index >= 15 is 0 Å². The Labute approximate surface area is 101 Å². The van der Waals surface area contributed by atoms with Gasteiger partial charge in [0.05, 0.1) is 11.3 Å². The highest BCUT2D eigenvalue weighted by Gasteiger charge is 2.12. The maximum atomic E-state index is 13.5. The van der Waals surface area contributed by atoms with Crippen molar-refractivity contribution in [3.63, 3.8) is 0 Å². The van der Waals surface area contributed by atoms with E-state index in [1.807, 2.05) is 0 Å². The largest absolute Gasteiger partial charge is 0.298 e. The van der Waals surface area contributed by atoms with Crippen LogP contribution in [0.2, 0.25) is 5.15 Å². The Balaban J connectivity index is 2.57. The number of benzene rings is 1. The van der Waals surface area contributed by atoms with Crippen LogP contribution in [0.3, 0.4) is 0 Å². The fourth-order valence-corrected chi connectivity index (χ4v) is 1.58. The summed E-state index contributed by atoms with van der Waals surface area (Å²) in [7, 11) is 0. The molecule has 17 heavy (non-hydrogen) atoms. The lowest BCUT2D eigenvalue weighted by Gasteiger charge is -2.04. The van der Waals surface area contributed by atoms with Gasteiger partial charge >= 0.3 is 0 Å². The van der Waals surface area contributed by atoms with E-state index in [0.717, 1.165) is 6.07 Å². The van der Waals surface area contributed by atoms with Gasteiger partial charge in [0, 0.05) is 5.56 Å². The van der Waals surface area contributed by atoms with Gasteiger partial charge in [-0.25, -0.2) is 13.8 Å². The molecular weight excluding hydrogens is 248 g/mol. The monoisotopic (exact) mass is 253 g/mol. The summed E-state index contributed by atoms with van der Waals surface area (Å²) in [4.78, 5) is 14.4. The zero-order valence-corrected chi connectivity index (χ0v) is 9.21. The van der Waals surface area contributed by atoms with E-state index < -0.39 is 11.6 Å². The van der Waals surface area contributed by atoms with Crippen molar-refractivity contribution in [1.29, 1.82) is 0 Å². The average molecular weight is 254 g/mol. The zero-order valence-electron chi connectivity index (χ0n) is 8.45. The molecule has 0 radical (unpaired) electrons. The number of hydrogen-bond acceptors (Lipinski definition) is 2. The molecule has 0 N–H and O–H groups in total. The Morgan fingerprint density at radius 1 is 1.18 bits per heavy atom. The number of halogens is 3. The van der Waals surface area contributed by atoms with Crippen LogP contribution < -0.4 is 0 Å². The second-order valence-electron chi connectivity index (χ2n) is 3.30. The van der Waals surface area contributed by atoms with Gasteiger partial charge in [-0.05, 0) is 24.3 Å². The molecule has 1 heterocycles. The maximum absolute atomic E-state index is 13.5. The van der Waals surface area contributed by atoms with Crippen molar-refractivity contribution in [1.82, 2.24) is 4.98 Å². The molecule has 0 atom stereocenters. The molecular formula is C12H6ClF2NO. The van der Waals surface area contributed by atoms with Gasteiger partial charge in [-0.2, -0.15) is 0 Å². The summed E-state index contributed by atoms with van der Waals surface area (Å²) in [5.41, 5.74) is 0.383. The maximum Gasteiger partial charge on any atom is 0.168 e. The van der Waals surface area contributed by atoms with Crippen molar-refractivity contribution in [2.45, 2.75) is 0 Å². The average Bonchev–Trinajstić information content (AvgIpc) is 2.32. The van der Waals surface area contributed by atoms with Gasteiger partial charge in [0.25, 0.3) is 0 Å². The molecule has 0 saturated carbocycles. The van der Waals surface area contributed by atoms with Crippen LogP contribution in [0.4, 0.5) is 8.78 Å². The van der Waals surface area contributed by atoms with E-state index in [2.05, 4.69) is 4.98 Å². The summed E-state index contributed by atoms with van der Waals surface area (Å²) in [6, 6.07) is 6.59. The minimum Gasteiger partial charge on any atom is -0.298 e. The lowest BCUT2D eigenvalue weighted by Crippen LogP contribution is -1.94. The predicted molar refractivity (Wildman–Crippen MR) is 60.0 cm³/mol. The molecule has 0 unspecified atom stereocenters. The Bertz CT molecular complexity index is 587. The minimum atomic E-state index is -0.991. The van der Waals surface area contributed by atoms with Gasteiger partial charge in [0.2, 0.25) is 0 Å². The second kappa shape index (κ2) is 4.59. The highest BCUT2D eigenvalue weighted by atomic mass is 35.5. The van der Waals surface area contributed by atoms with Crippen molar-refractivity contribution in [2.75, 3.05) is 0 Å². The van der Waals surface area contributed by atoms with Gasteiger partial charge in [-0.1, -0.05) is 17.7 Å². The first-order chi connectivity index (χ1) is 8.13. The molecule has 0 saturated heterocycles. The lowest BCUT2D eigenvalue weighted by atomic mass is 10.1. The van der Waals surface area contributed by atoms with E-state index in [-0.39, 0.29) is 22.0 Å². The number of aromatic nitrogens is 1. The van der Waals surface area contributed by atoms with Crippen LogP contribution in [-0.4, -0.2) is 11.3 Å². The normalized spacial score (nSPS) is 10.3. The van der Waals surface area contributed by atoms with Gasteiger partial charge in [-0.15, -0.1) is 0 Å².